The second-order valence-electron chi connectivity index (χ2n) is 7.87. The van der Waals surface area contributed by atoms with Gasteiger partial charge in [-0.25, -0.2) is 8.42 Å². The van der Waals surface area contributed by atoms with E-state index in [-0.39, 0.29) is 28.3 Å². The van der Waals surface area contributed by atoms with E-state index in [0.717, 1.165) is 19.3 Å². The van der Waals surface area contributed by atoms with Crippen LogP contribution < -0.4 is 10.0 Å². The number of amides is 2. The number of ether oxygens (including phenoxy) is 1. The number of piperidine rings is 1. The minimum atomic E-state index is -3.83. The van der Waals surface area contributed by atoms with E-state index in [1.807, 2.05) is 0 Å². The highest BCUT2D eigenvalue weighted by Crippen LogP contribution is 2.22. The van der Waals surface area contributed by atoms with Crippen molar-refractivity contribution in [3.63, 3.8) is 0 Å². The van der Waals surface area contributed by atoms with E-state index in [9.17, 15) is 18.0 Å². The van der Waals surface area contributed by atoms with E-state index in [1.54, 1.807) is 30.2 Å². The summed E-state index contributed by atoms with van der Waals surface area (Å²) in [7, 11) is -2.21. The molecule has 0 spiro atoms. The molecule has 0 bridgehead atoms. The summed E-state index contributed by atoms with van der Waals surface area (Å²) in [6.07, 6.45) is 2.18. The van der Waals surface area contributed by atoms with Crippen LogP contribution in [0.4, 0.5) is 5.69 Å². The van der Waals surface area contributed by atoms with E-state index < -0.39 is 10.0 Å². The fraction of sp³-hybridized carbons (Fsp3) is 0.391. The van der Waals surface area contributed by atoms with Crippen molar-refractivity contribution in [1.29, 1.82) is 0 Å². The summed E-state index contributed by atoms with van der Waals surface area (Å²) in [5.74, 6) is -0.565. The summed E-state index contributed by atoms with van der Waals surface area (Å²) in [6.45, 7) is 1.99. The summed E-state index contributed by atoms with van der Waals surface area (Å²) in [5.41, 5.74) is 0.632. The van der Waals surface area contributed by atoms with Crippen molar-refractivity contribution >= 4 is 39.1 Å². The standard InChI is InChI=1S/C23H28ClN3O5S/c1-32-14-4-12-25-22(28)18-6-3-13-27(16-18)23(29)17-5-2-7-20(15-17)26-33(30,31)21-10-8-19(24)9-11-21/h2,5,7-11,15,18,26H,3-4,6,12-14,16H2,1H3,(H,25,28). The summed E-state index contributed by atoms with van der Waals surface area (Å²) >= 11 is 5.83. The number of methoxy groups -OCH3 is 1. The zero-order chi connectivity index (χ0) is 23.8. The smallest absolute Gasteiger partial charge is 0.261 e. The van der Waals surface area contributed by atoms with Crippen molar-refractivity contribution < 1.29 is 22.7 Å². The van der Waals surface area contributed by atoms with Crippen LogP contribution in [-0.4, -0.2) is 58.5 Å². The van der Waals surface area contributed by atoms with E-state index in [1.165, 1.54) is 30.3 Å². The van der Waals surface area contributed by atoms with Crippen molar-refractivity contribution in [1.82, 2.24) is 10.2 Å². The van der Waals surface area contributed by atoms with Crippen LogP contribution in [0.3, 0.4) is 0 Å². The predicted octanol–water partition coefficient (Wildman–Crippen LogP) is 3.15. The second kappa shape index (κ2) is 11.5. The number of halogens is 1. The molecular weight excluding hydrogens is 466 g/mol. The molecule has 3 rings (SSSR count). The number of nitrogens with one attached hydrogen (secondary N) is 2. The predicted molar refractivity (Wildman–Crippen MR) is 127 cm³/mol. The van der Waals surface area contributed by atoms with E-state index in [0.29, 0.717) is 36.8 Å². The molecule has 1 atom stereocenters. The normalized spacial score (nSPS) is 16.3. The maximum atomic E-state index is 13.1. The SMILES string of the molecule is COCCCNC(=O)C1CCCN(C(=O)c2cccc(NS(=O)(=O)c3ccc(Cl)cc3)c2)C1. The number of carbonyl (C=O) groups excluding carboxylic acids is 2. The van der Waals surface area contributed by atoms with Crippen LogP contribution in [0.1, 0.15) is 29.6 Å². The Kier molecular flexibility index (Phi) is 8.71. The number of rotatable bonds is 9. The van der Waals surface area contributed by atoms with Crippen molar-refractivity contribution in [3.8, 4) is 0 Å². The summed E-state index contributed by atoms with van der Waals surface area (Å²) in [6, 6.07) is 12.2. The molecule has 1 unspecified atom stereocenters. The number of benzene rings is 2. The molecule has 2 amide bonds. The molecule has 0 radical (unpaired) electrons. The van der Waals surface area contributed by atoms with Crippen LogP contribution in [0.15, 0.2) is 53.4 Å². The Morgan fingerprint density at radius 3 is 2.67 bits per heavy atom. The maximum Gasteiger partial charge on any atom is 0.261 e. The first-order valence-corrected chi connectivity index (χ1v) is 12.6. The van der Waals surface area contributed by atoms with Gasteiger partial charge in [0, 0.05) is 49.6 Å². The van der Waals surface area contributed by atoms with Gasteiger partial charge in [0.25, 0.3) is 15.9 Å². The number of hydrogen-bond donors (Lipinski definition) is 2. The first-order valence-electron chi connectivity index (χ1n) is 10.7. The van der Waals surface area contributed by atoms with Gasteiger partial charge in [0.05, 0.1) is 10.8 Å². The molecule has 1 heterocycles. The van der Waals surface area contributed by atoms with Gasteiger partial charge in [0.1, 0.15) is 0 Å². The molecule has 0 saturated carbocycles. The number of sulfonamides is 1. The largest absolute Gasteiger partial charge is 0.385 e. The fourth-order valence-corrected chi connectivity index (χ4v) is 4.85. The average molecular weight is 494 g/mol. The maximum absolute atomic E-state index is 13.1. The fourth-order valence-electron chi connectivity index (χ4n) is 3.67. The van der Waals surface area contributed by atoms with Gasteiger partial charge in [-0.15, -0.1) is 0 Å². The molecule has 2 N–H and O–H groups in total. The molecule has 33 heavy (non-hydrogen) atoms. The van der Waals surface area contributed by atoms with Crippen molar-refractivity contribution in [3.05, 3.63) is 59.1 Å². The van der Waals surface area contributed by atoms with Gasteiger partial charge >= 0.3 is 0 Å². The Bertz CT molecular complexity index is 1080. The molecule has 1 aliphatic heterocycles. The summed E-state index contributed by atoms with van der Waals surface area (Å²) in [4.78, 5) is 27.3. The molecule has 0 aromatic heterocycles. The van der Waals surface area contributed by atoms with Gasteiger partial charge < -0.3 is 15.0 Å². The van der Waals surface area contributed by atoms with E-state index in [4.69, 9.17) is 16.3 Å². The minimum Gasteiger partial charge on any atom is -0.385 e. The third-order valence-electron chi connectivity index (χ3n) is 5.39. The van der Waals surface area contributed by atoms with Gasteiger partial charge in [-0.2, -0.15) is 0 Å². The van der Waals surface area contributed by atoms with Crippen LogP contribution in [0.5, 0.6) is 0 Å². The Morgan fingerprint density at radius 2 is 1.94 bits per heavy atom. The monoisotopic (exact) mass is 493 g/mol. The molecule has 0 aliphatic carbocycles. The van der Waals surface area contributed by atoms with Crippen LogP contribution in [0.2, 0.25) is 5.02 Å². The van der Waals surface area contributed by atoms with E-state index in [2.05, 4.69) is 10.0 Å². The quantitative estimate of drug-likeness (QED) is 0.522. The highest BCUT2D eigenvalue weighted by molar-refractivity contribution is 7.92. The van der Waals surface area contributed by atoms with Gasteiger partial charge in [-0.1, -0.05) is 17.7 Å². The topological polar surface area (TPSA) is 105 Å². The molecule has 2 aromatic rings. The van der Waals surface area contributed by atoms with Crippen LogP contribution in [0.25, 0.3) is 0 Å². The zero-order valence-corrected chi connectivity index (χ0v) is 20.0. The average Bonchev–Trinajstić information content (AvgIpc) is 2.81. The number of nitrogens with zero attached hydrogens (tertiary/aromatic N) is 1. The molecule has 1 saturated heterocycles. The molecule has 2 aromatic carbocycles. The van der Waals surface area contributed by atoms with Gasteiger partial charge in [0.2, 0.25) is 5.91 Å². The molecule has 1 fully saturated rings. The lowest BCUT2D eigenvalue weighted by Gasteiger charge is -2.32. The number of carbonyl (C=O) groups is 2. The van der Waals surface area contributed by atoms with Crippen molar-refractivity contribution in [2.75, 3.05) is 38.1 Å². The Balaban J connectivity index is 1.65. The zero-order valence-electron chi connectivity index (χ0n) is 18.4. The number of hydrogen-bond acceptors (Lipinski definition) is 5. The summed E-state index contributed by atoms with van der Waals surface area (Å²) < 4.78 is 32.8. The van der Waals surface area contributed by atoms with Gasteiger partial charge in [-0.3, -0.25) is 14.3 Å². The molecule has 1 aliphatic rings. The van der Waals surface area contributed by atoms with Crippen LogP contribution in [0, 0.1) is 5.92 Å². The summed E-state index contributed by atoms with van der Waals surface area (Å²) in [5, 5.41) is 3.33. The van der Waals surface area contributed by atoms with E-state index >= 15 is 0 Å². The van der Waals surface area contributed by atoms with Crippen LogP contribution >= 0.6 is 11.6 Å². The highest BCUT2D eigenvalue weighted by atomic mass is 35.5. The lowest BCUT2D eigenvalue weighted by molar-refractivity contribution is -0.126. The first-order chi connectivity index (χ1) is 15.8. The van der Waals surface area contributed by atoms with Crippen LogP contribution in [-0.2, 0) is 19.6 Å². The lowest BCUT2D eigenvalue weighted by Crippen LogP contribution is -2.45. The van der Waals surface area contributed by atoms with Gasteiger partial charge in [-0.05, 0) is 61.7 Å². The molecular formula is C23H28ClN3O5S. The Labute approximate surface area is 199 Å². The molecule has 178 valence electrons. The third-order valence-corrected chi connectivity index (χ3v) is 7.04. The lowest BCUT2D eigenvalue weighted by atomic mass is 9.96. The van der Waals surface area contributed by atoms with Crippen molar-refractivity contribution in [2.24, 2.45) is 5.92 Å². The third kappa shape index (κ3) is 6.93. The highest BCUT2D eigenvalue weighted by Gasteiger charge is 2.29. The second-order valence-corrected chi connectivity index (χ2v) is 9.99. The molecule has 10 heteroatoms. The minimum absolute atomic E-state index is 0.0620. The number of likely N-dealkylation sites (tertiary alicyclic amines) is 1. The first kappa shape index (κ1) is 25.0. The van der Waals surface area contributed by atoms with Gasteiger partial charge in [0.15, 0.2) is 0 Å². The van der Waals surface area contributed by atoms with Crippen molar-refractivity contribution in [2.45, 2.75) is 24.2 Å². The number of anilines is 1. The Hall–Kier alpha value is -2.62. The molecule has 8 nitrogen and oxygen atoms in total. The Morgan fingerprint density at radius 1 is 1.18 bits per heavy atom.